The van der Waals surface area contributed by atoms with Crippen molar-refractivity contribution in [1.82, 2.24) is 0 Å². The van der Waals surface area contributed by atoms with Gasteiger partial charge in [-0.3, -0.25) is 10.1 Å². The number of anilines is 1. The standard InChI is InChI=1S/C11H3BrIN5O2/c12-7-1-2-8(11(10(7)13)18(19)20)17-9(5-16)6(3-14)4-15/h1-2,17H. The third kappa shape index (κ3) is 3.23. The zero-order valence-corrected chi connectivity index (χ0v) is 13.3. The van der Waals surface area contributed by atoms with Crippen molar-refractivity contribution >= 4 is 49.9 Å². The number of nitro groups is 1. The fraction of sp³-hybridized carbons (Fsp3) is 0. The second-order valence-corrected chi connectivity index (χ2v) is 5.16. The number of hydrogen-bond acceptors (Lipinski definition) is 6. The molecule has 1 aromatic rings. The van der Waals surface area contributed by atoms with E-state index in [0.29, 0.717) is 8.04 Å². The number of hydrogen-bond donors (Lipinski definition) is 1. The van der Waals surface area contributed by atoms with Crippen molar-refractivity contribution in [3.05, 3.63) is 41.6 Å². The van der Waals surface area contributed by atoms with Crippen LogP contribution in [0.4, 0.5) is 11.4 Å². The Balaban J connectivity index is 3.46. The number of allylic oxidation sites excluding steroid dienone is 2. The Kier molecular flexibility index (Phi) is 5.44. The van der Waals surface area contributed by atoms with E-state index in [0.717, 1.165) is 0 Å². The van der Waals surface area contributed by atoms with Crippen molar-refractivity contribution in [1.29, 1.82) is 15.8 Å². The normalized spacial score (nSPS) is 8.75. The molecule has 0 spiro atoms. The van der Waals surface area contributed by atoms with E-state index in [4.69, 9.17) is 15.8 Å². The van der Waals surface area contributed by atoms with Crippen molar-refractivity contribution < 1.29 is 4.92 Å². The van der Waals surface area contributed by atoms with E-state index < -0.39 is 10.5 Å². The van der Waals surface area contributed by atoms with E-state index in [-0.39, 0.29) is 17.1 Å². The Hall–Kier alpha value is -2.16. The highest BCUT2D eigenvalue weighted by Crippen LogP contribution is 2.35. The van der Waals surface area contributed by atoms with Gasteiger partial charge in [-0.05, 0) is 50.7 Å². The SMILES string of the molecule is N#CC(C#N)=C(C#N)Nc1ccc(Br)c(I)c1[N+](=O)[O-]. The van der Waals surface area contributed by atoms with Crippen LogP contribution in [0.3, 0.4) is 0 Å². The summed E-state index contributed by atoms with van der Waals surface area (Å²) in [5, 5.41) is 39.9. The first-order chi connectivity index (χ1) is 9.46. The zero-order chi connectivity index (χ0) is 15.3. The Labute approximate surface area is 135 Å². The number of nitro benzene ring substituents is 1. The summed E-state index contributed by atoms with van der Waals surface area (Å²) in [6.45, 7) is 0. The number of nitrogens with zero attached hydrogens (tertiary/aromatic N) is 4. The van der Waals surface area contributed by atoms with E-state index >= 15 is 0 Å². The molecule has 0 aromatic heterocycles. The van der Waals surface area contributed by atoms with Gasteiger partial charge in [0.05, 0.1) is 4.92 Å². The summed E-state index contributed by atoms with van der Waals surface area (Å²) in [4.78, 5) is 10.5. The molecular formula is C11H3BrIN5O2. The fourth-order valence-electron chi connectivity index (χ4n) is 1.24. The van der Waals surface area contributed by atoms with Crippen molar-refractivity contribution in [2.24, 2.45) is 0 Å². The molecule has 0 fully saturated rings. The van der Waals surface area contributed by atoms with Gasteiger partial charge in [0.1, 0.15) is 33.2 Å². The van der Waals surface area contributed by atoms with Gasteiger partial charge in [-0.2, -0.15) is 15.8 Å². The third-order valence-corrected chi connectivity index (χ3v) is 4.59. The van der Waals surface area contributed by atoms with Gasteiger partial charge >= 0.3 is 5.69 Å². The van der Waals surface area contributed by atoms with Crippen molar-refractivity contribution in [3.8, 4) is 18.2 Å². The van der Waals surface area contributed by atoms with Gasteiger partial charge < -0.3 is 5.32 Å². The van der Waals surface area contributed by atoms with Gasteiger partial charge in [0.25, 0.3) is 0 Å². The molecule has 0 saturated heterocycles. The monoisotopic (exact) mass is 443 g/mol. The number of nitrogens with one attached hydrogen (secondary N) is 1. The molecule has 9 heteroatoms. The first-order valence-corrected chi connectivity index (χ1v) is 6.67. The summed E-state index contributed by atoms with van der Waals surface area (Å²) in [7, 11) is 0. The van der Waals surface area contributed by atoms with Gasteiger partial charge in [-0.25, -0.2) is 0 Å². The Morgan fingerprint density at radius 1 is 1.30 bits per heavy atom. The molecule has 1 rings (SSSR count). The first-order valence-electron chi connectivity index (χ1n) is 4.80. The van der Waals surface area contributed by atoms with Crippen LogP contribution in [0.15, 0.2) is 27.9 Å². The van der Waals surface area contributed by atoms with Gasteiger partial charge in [0, 0.05) is 4.47 Å². The Morgan fingerprint density at radius 3 is 2.35 bits per heavy atom. The van der Waals surface area contributed by atoms with Crippen LogP contribution in [0.5, 0.6) is 0 Å². The lowest BCUT2D eigenvalue weighted by molar-refractivity contribution is -0.384. The number of halogens is 2. The van der Waals surface area contributed by atoms with Gasteiger partial charge in [0.15, 0.2) is 5.57 Å². The van der Waals surface area contributed by atoms with Crippen LogP contribution in [-0.2, 0) is 0 Å². The first kappa shape index (κ1) is 15.9. The molecule has 0 aliphatic carbocycles. The van der Waals surface area contributed by atoms with Crippen LogP contribution in [0, 0.1) is 47.7 Å². The quantitative estimate of drug-likeness (QED) is 0.330. The summed E-state index contributed by atoms with van der Waals surface area (Å²) in [6.07, 6.45) is 0. The second kappa shape index (κ2) is 6.85. The molecule has 0 bridgehead atoms. The number of rotatable bonds is 3. The molecule has 0 aliphatic heterocycles. The van der Waals surface area contributed by atoms with Gasteiger partial charge in [-0.1, -0.05) is 0 Å². The third-order valence-electron chi connectivity index (χ3n) is 2.10. The molecule has 0 atom stereocenters. The van der Waals surface area contributed by atoms with E-state index in [1.807, 2.05) is 0 Å². The van der Waals surface area contributed by atoms with Crippen LogP contribution in [0.25, 0.3) is 0 Å². The molecule has 0 saturated carbocycles. The van der Waals surface area contributed by atoms with Crippen molar-refractivity contribution in [2.45, 2.75) is 0 Å². The molecule has 98 valence electrons. The summed E-state index contributed by atoms with van der Waals surface area (Å²) in [5.74, 6) is 0. The minimum atomic E-state index is -0.609. The lowest BCUT2D eigenvalue weighted by Gasteiger charge is -2.07. The second-order valence-electron chi connectivity index (χ2n) is 3.23. The predicted octanol–water partition coefficient (Wildman–Crippen LogP) is 3.20. The molecule has 1 aromatic carbocycles. The maximum atomic E-state index is 11.1. The smallest absolute Gasteiger partial charge is 0.307 e. The average Bonchev–Trinajstić information content (AvgIpc) is 2.42. The van der Waals surface area contributed by atoms with Crippen LogP contribution >= 0.6 is 38.5 Å². The highest BCUT2D eigenvalue weighted by molar-refractivity contribution is 14.1. The van der Waals surface area contributed by atoms with E-state index in [9.17, 15) is 10.1 Å². The molecule has 0 radical (unpaired) electrons. The van der Waals surface area contributed by atoms with Crippen LogP contribution < -0.4 is 5.32 Å². The predicted molar refractivity (Wildman–Crippen MR) is 81.0 cm³/mol. The van der Waals surface area contributed by atoms with E-state index in [1.165, 1.54) is 6.07 Å². The van der Waals surface area contributed by atoms with Crippen molar-refractivity contribution in [3.63, 3.8) is 0 Å². The van der Waals surface area contributed by atoms with Crippen LogP contribution in [-0.4, -0.2) is 4.92 Å². The number of nitriles is 3. The Morgan fingerprint density at radius 2 is 1.90 bits per heavy atom. The van der Waals surface area contributed by atoms with Crippen LogP contribution in [0.1, 0.15) is 0 Å². The number of benzene rings is 1. The zero-order valence-electron chi connectivity index (χ0n) is 9.52. The highest BCUT2D eigenvalue weighted by atomic mass is 127. The molecular weight excluding hydrogens is 441 g/mol. The average molecular weight is 444 g/mol. The highest BCUT2D eigenvalue weighted by Gasteiger charge is 2.22. The fourth-order valence-corrected chi connectivity index (χ4v) is 2.22. The maximum absolute atomic E-state index is 11.1. The molecule has 0 aliphatic rings. The summed E-state index contributed by atoms with van der Waals surface area (Å²) in [5.41, 5.74) is -0.999. The van der Waals surface area contributed by atoms with Crippen LogP contribution in [0.2, 0.25) is 0 Å². The topological polar surface area (TPSA) is 127 Å². The summed E-state index contributed by atoms with van der Waals surface area (Å²) in [6, 6.07) is 7.68. The van der Waals surface area contributed by atoms with Gasteiger partial charge in [0.2, 0.25) is 0 Å². The largest absolute Gasteiger partial charge is 0.339 e. The molecule has 0 unspecified atom stereocenters. The Bertz CT molecular complexity index is 723. The minimum Gasteiger partial charge on any atom is -0.339 e. The van der Waals surface area contributed by atoms with E-state index in [1.54, 1.807) is 46.9 Å². The molecule has 7 nitrogen and oxygen atoms in total. The lowest BCUT2D eigenvalue weighted by Crippen LogP contribution is -2.05. The summed E-state index contributed by atoms with van der Waals surface area (Å²) >= 11 is 4.95. The van der Waals surface area contributed by atoms with E-state index in [2.05, 4.69) is 21.2 Å². The minimum absolute atomic E-state index is 0.0298. The molecule has 0 amide bonds. The summed E-state index contributed by atoms with van der Waals surface area (Å²) < 4.78 is 0.865. The van der Waals surface area contributed by atoms with Crippen molar-refractivity contribution in [2.75, 3.05) is 5.32 Å². The van der Waals surface area contributed by atoms with Gasteiger partial charge in [-0.15, -0.1) is 0 Å². The maximum Gasteiger partial charge on any atom is 0.307 e. The molecule has 0 heterocycles. The lowest BCUT2D eigenvalue weighted by atomic mass is 10.2. The molecule has 20 heavy (non-hydrogen) atoms. The molecule has 1 N–H and O–H groups in total.